The lowest BCUT2D eigenvalue weighted by Gasteiger charge is -2.29. The lowest BCUT2D eigenvalue weighted by molar-refractivity contribution is -0.275. The molecular formula is C23H18ClF4N5O4. The lowest BCUT2D eigenvalue weighted by atomic mass is 9.99. The minimum atomic E-state index is -4.98. The summed E-state index contributed by atoms with van der Waals surface area (Å²) >= 11 is 6.18. The van der Waals surface area contributed by atoms with Gasteiger partial charge in [0.1, 0.15) is 5.02 Å². The van der Waals surface area contributed by atoms with Gasteiger partial charge in [0, 0.05) is 18.7 Å². The number of hydrogen-bond acceptors (Lipinski definition) is 8. The van der Waals surface area contributed by atoms with Crippen molar-refractivity contribution in [2.24, 2.45) is 0 Å². The second kappa shape index (κ2) is 10.6. The number of anilines is 1. The molecule has 9 nitrogen and oxygen atoms in total. The van der Waals surface area contributed by atoms with Crippen molar-refractivity contribution in [3.05, 3.63) is 63.7 Å². The molecule has 1 N–H and O–H groups in total. The molecule has 0 bridgehead atoms. The highest BCUT2D eigenvalue weighted by Crippen LogP contribution is 2.35. The van der Waals surface area contributed by atoms with Gasteiger partial charge in [0.2, 0.25) is 5.88 Å². The van der Waals surface area contributed by atoms with Crippen molar-refractivity contribution >= 4 is 17.3 Å². The van der Waals surface area contributed by atoms with Gasteiger partial charge in [-0.3, -0.25) is 4.79 Å². The average molecular weight is 540 g/mol. The summed E-state index contributed by atoms with van der Waals surface area (Å²) < 4.78 is 68.3. The Hall–Kier alpha value is -3.89. The Morgan fingerprint density at radius 1 is 1.24 bits per heavy atom. The van der Waals surface area contributed by atoms with Crippen molar-refractivity contribution in [2.45, 2.75) is 24.9 Å². The standard InChI is InChI=1S/C23H18ClF4N5O4/c24-20-16(31-12-22(25)6-1-7-35-13-22)11-32-33(21(20)34)15-3-5-19(30-10-15)36-18-8-14(9-29)2-4-17(18)37-23(26,27)28/h2-5,8,10-11,31H,1,6-7,12-13H2/t22-/m0/s1. The third-order valence-electron chi connectivity index (χ3n) is 5.27. The van der Waals surface area contributed by atoms with E-state index in [0.717, 1.165) is 22.9 Å². The molecule has 3 heterocycles. The number of nitrogens with zero attached hydrogens (tertiary/aromatic N) is 4. The summed E-state index contributed by atoms with van der Waals surface area (Å²) in [5, 5.41) is 15.6. The summed E-state index contributed by atoms with van der Waals surface area (Å²) in [7, 11) is 0. The fraction of sp³-hybridized carbons (Fsp3) is 0.304. The smallest absolute Gasteiger partial charge is 0.435 e. The van der Waals surface area contributed by atoms with E-state index in [1.165, 1.54) is 24.5 Å². The number of aromatic nitrogens is 3. The first-order valence-electron chi connectivity index (χ1n) is 10.8. The third kappa shape index (κ3) is 6.46. The van der Waals surface area contributed by atoms with Gasteiger partial charge in [-0.05, 0) is 31.0 Å². The van der Waals surface area contributed by atoms with E-state index >= 15 is 0 Å². The van der Waals surface area contributed by atoms with Crippen LogP contribution in [0.5, 0.6) is 17.4 Å². The van der Waals surface area contributed by atoms with Crippen molar-refractivity contribution in [3.8, 4) is 29.1 Å². The Kier molecular flexibility index (Phi) is 7.51. The maximum Gasteiger partial charge on any atom is 0.573 e. The Bertz CT molecular complexity index is 1370. The molecule has 1 aliphatic heterocycles. The molecule has 194 valence electrons. The van der Waals surface area contributed by atoms with Crippen LogP contribution in [0.1, 0.15) is 18.4 Å². The van der Waals surface area contributed by atoms with Crippen LogP contribution in [0, 0.1) is 11.3 Å². The van der Waals surface area contributed by atoms with E-state index in [1.54, 1.807) is 6.07 Å². The fourth-order valence-electron chi connectivity index (χ4n) is 3.49. The summed E-state index contributed by atoms with van der Waals surface area (Å²) in [6.45, 7) is 0.321. The van der Waals surface area contributed by atoms with Crippen LogP contribution in [0.25, 0.3) is 5.69 Å². The first-order chi connectivity index (χ1) is 17.6. The molecule has 1 aromatic carbocycles. The molecule has 0 unspecified atom stereocenters. The lowest BCUT2D eigenvalue weighted by Crippen LogP contribution is -2.40. The minimum Gasteiger partial charge on any atom is -0.435 e. The molecule has 4 rings (SSSR count). The van der Waals surface area contributed by atoms with Gasteiger partial charge in [0.25, 0.3) is 5.56 Å². The number of nitrogens with one attached hydrogen (secondary N) is 1. The van der Waals surface area contributed by atoms with E-state index in [0.29, 0.717) is 19.4 Å². The van der Waals surface area contributed by atoms with Crippen molar-refractivity contribution in [1.29, 1.82) is 5.26 Å². The minimum absolute atomic E-state index is 0.0370. The molecular weight excluding hydrogens is 522 g/mol. The quantitative estimate of drug-likeness (QED) is 0.427. The fourth-order valence-corrected chi connectivity index (χ4v) is 3.68. The van der Waals surface area contributed by atoms with Crippen LogP contribution < -0.4 is 20.3 Å². The SMILES string of the molecule is N#Cc1ccc(OC(F)(F)F)c(Oc2ccc(-n3ncc(NC[C@@]4(F)CCCOC4)c(Cl)c3=O)cn2)c1. The van der Waals surface area contributed by atoms with Crippen molar-refractivity contribution in [2.75, 3.05) is 25.1 Å². The molecule has 1 fully saturated rings. The zero-order valence-corrected chi connectivity index (χ0v) is 19.6. The second-order valence-corrected chi connectivity index (χ2v) is 8.41. The van der Waals surface area contributed by atoms with Gasteiger partial charge in [0.15, 0.2) is 17.2 Å². The summed E-state index contributed by atoms with van der Waals surface area (Å²) in [6, 6.07) is 7.59. The number of alkyl halides is 4. The topological polar surface area (TPSA) is 111 Å². The van der Waals surface area contributed by atoms with E-state index in [9.17, 15) is 22.4 Å². The Morgan fingerprint density at radius 3 is 2.70 bits per heavy atom. The predicted octanol–water partition coefficient (Wildman–Crippen LogP) is 4.77. The number of ether oxygens (including phenoxy) is 3. The average Bonchev–Trinajstić information content (AvgIpc) is 2.86. The van der Waals surface area contributed by atoms with E-state index in [4.69, 9.17) is 26.3 Å². The second-order valence-electron chi connectivity index (χ2n) is 8.03. The molecule has 1 atom stereocenters. The number of halogens is 5. The summed E-state index contributed by atoms with van der Waals surface area (Å²) in [6.07, 6.45) is -1.64. The van der Waals surface area contributed by atoms with Gasteiger partial charge in [-0.15, -0.1) is 13.2 Å². The molecule has 0 saturated carbocycles. The van der Waals surface area contributed by atoms with E-state index < -0.39 is 23.3 Å². The number of nitriles is 1. The van der Waals surface area contributed by atoms with Gasteiger partial charge >= 0.3 is 6.36 Å². The molecule has 0 aliphatic carbocycles. The summed E-state index contributed by atoms with van der Waals surface area (Å²) in [4.78, 5) is 16.7. The third-order valence-corrected chi connectivity index (χ3v) is 5.63. The first-order valence-corrected chi connectivity index (χ1v) is 11.2. The van der Waals surface area contributed by atoms with Gasteiger partial charge in [0.05, 0.1) is 48.6 Å². The zero-order chi connectivity index (χ0) is 26.6. The molecule has 1 aliphatic rings. The first kappa shape index (κ1) is 26.2. The summed E-state index contributed by atoms with van der Waals surface area (Å²) in [5.74, 6) is -1.20. The Labute approximate surface area is 212 Å². The molecule has 0 radical (unpaired) electrons. The van der Waals surface area contributed by atoms with Crippen molar-refractivity contribution in [1.82, 2.24) is 14.8 Å². The van der Waals surface area contributed by atoms with Crippen LogP contribution in [-0.2, 0) is 4.74 Å². The highest BCUT2D eigenvalue weighted by molar-refractivity contribution is 6.32. The van der Waals surface area contributed by atoms with Gasteiger partial charge in [-0.1, -0.05) is 11.6 Å². The van der Waals surface area contributed by atoms with E-state index in [-0.39, 0.29) is 46.7 Å². The number of hydrogen-bond donors (Lipinski definition) is 1. The largest absolute Gasteiger partial charge is 0.573 e. The molecule has 14 heteroatoms. The maximum atomic E-state index is 14.7. The monoisotopic (exact) mass is 539 g/mol. The predicted molar refractivity (Wildman–Crippen MR) is 123 cm³/mol. The van der Waals surface area contributed by atoms with Gasteiger partial charge in [-0.2, -0.15) is 15.0 Å². The zero-order valence-electron chi connectivity index (χ0n) is 18.9. The number of pyridine rings is 1. The highest BCUT2D eigenvalue weighted by Gasteiger charge is 2.33. The Morgan fingerprint density at radius 2 is 2.05 bits per heavy atom. The van der Waals surface area contributed by atoms with Crippen molar-refractivity contribution < 1.29 is 31.8 Å². The van der Waals surface area contributed by atoms with Crippen LogP contribution in [0.2, 0.25) is 5.02 Å². The molecule has 37 heavy (non-hydrogen) atoms. The molecule has 0 amide bonds. The number of benzene rings is 1. The highest BCUT2D eigenvalue weighted by atomic mass is 35.5. The normalized spacial score (nSPS) is 17.6. The van der Waals surface area contributed by atoms with E-state index in [1.807, 2.05) is 0 Å². The van der Waals surface area contributed by atoms with E-state index in [2.05, 4.69) is 20.1 Å². The van der Waals surface area contributed by atoms with Gasteiger partial charge < -0.3 is 19.5 Å². The van der Waals surface area contributed by atoms with Crippen LogP contribution in [-0.4, -0.2) is 46.6 Å². The Balaban J connectivity index is 1.51. The molecule has 1 saturated heterocycles. The molecule has 2 aromatic heterocycles. The number of rotatable bonds is 7. The van der Waals surface area contributed by atoms with Crippen LogP contribution in [0.3, 0.4) is 0 Å². The summed E-state index contributed by atoms with van der Waals surface area (Å²) in [5.41, 5.74) is -1.94. The molecule has 3 aromatic rings. The van der Waals surface area contributed by atoms with Crippen LogP contribution in [0.4, 0.5) is 23.2 Å². The maximum absolute atomic E-state index is 14.7. The van der Waals surface area contributed by atoms with Crippen molar-refractivity contribution in [3.63, 3.8) is 0 Å². The van der Waals surface area contributed by atoms with Gasteiger partial charge in [-0.25, -0.2) is 9.37 Å². The van der Waals surface area contributed by atoms with Crippen LogP contribution >= 0.6 is 11.6 Å². The van der Waals surface area contributed by atoms with Crippen LogP contribution in [0.15, 0.2) is 47.5 Å². The molecule has 0 spiro atoms.